The molecule has 1 aliphatic carbocycles. The predicted molar refractivity (Wildman–Crippen MR) is 50.3 cm³/mol. The van der Waals surface area contributed by atoms with Crippen LogP contribution in [0.5, 0.6) is 0 Å². The molecule has 2 rings (SSSR count). The molecule has 2 heteroatoms. The van der Waals surface area contributed by atoms with E-state index < -0.39 is 0 Å². The summed E-state index contributed by atoms with van der Waals surface area (Å²) in [5.41, 5.74) is 2.74. The Bertz CT molecular complexity index is 237. The summed E-state index contributed by atoms with van der Waals surface area (Å²) < 4.78 is 0. The van der Waals surface area contributed by atoms with Crippen molar-refractivity contribution in [1.82, 2.24) is 0 Å². The first-order valence-corrected chi connectivity index (χ1v) is 5.10. The number of rotatable bonds is 2. The zero-order valence-corrected chi connectivity index (χ0v) is 7.58. The van der Waals surface area contributed by atoms with Crippen molar-refractivity contribution >= 4 is 17.0 Å². The molecule has 1 fully saturated rings. The second-order valence-corrected chi connectivity index (χ2v) is 3.98. The molecule has 1 aromatic heterocycles. The summed E-state index contributed by atoms with van der Waals surface area (Å²) in [6, 6.07) is 0.767. The van der Waals surface area contributed by atoms with E-state index in [1.807, 2.05) is 0 Å². The summed E-state index contributed by atoms with van der Waals surface area (Å²) >= 11 is 1.78. The highest BCUT2D eigenvalue weighted by Gasteiger charge is 2.17. The lowest BCUT2D eigenvalue weighted by molar-refractivity contribution is 0.445. The van der Waals surface area contributed by atoms with Crippen molar-refractivity contribution in [3.05, 3.63) is 16.3 Å². The SMILES string of the molecule is Cc1cscc1NC1CCC1. The Morgan fingerprint density at radius 2 is 2.27 bits per heavy atom. The molecule has 0 aromatic carbocycles. The van der Waals surface area contributed by atoms with Crippen LogP contribution in [-0.2, 0) is 0 Å². The van der Waals surface area contributed by atoms with E-state index in [2.05, 4.69) is 23.0 Å². The molecule has 0 unspecified atom stereocenters. The van der Waals surface area contributed by atoms with E-state index in [9.17, 15) is 0 Å². The highest BCUT2D eigenvalue weighted by molar-refractivity contribution is 7.08. The van der Waals surface area contributed by atoms with Gasteiger partial charge < -0.3 is 5.32 Å². The molecule has 0 amide bonds. The van der Waals surface area contributed by atoms with Gasteiger partial charge in [-0.2, -0.15) is 0 Å². The molecule has 0 radical (unpaired) electrons. The lowest BCUT2D eigenvalue weighted by atomic mass is 9.93. The molecule has 0 atom stereocenters. The molecule has 1 N–H and O–H groups in total. The van der Waals surface area contributed by atoms with Crippen LogP contribution in [0.3, 0.4) is 0 Å². The normalized spacial score (nSPS) is 17.9. The van der Waals surface area contributed by atoms with E-state index >= 15 is 0 Å². The van der Waals surface area contributed by atoms with Gasteiger partial charge in [-0.3, -0.25) is 0 Å². The second kappa shape index (κ2) is 2.86. The smallest absolute Gasteiger partial charge is 0.0480 e. The van der Waals surface area contributed by atoms with Crippen LogP contribution in [0, 0.1) is 6.92 Å². The number of hydrogen-bond acceptors (Lipinski definition) is 2. The summed E-state index contributed by atoms with van der Waals surface area (Å²) in [6.45, 7) is 2.16. The molecular weight excluding hydrogens is 154 g/mol. The fourth-order valence-corrected chi connectivity index (χ4v) is 2.07. The lowest BCUT2D eigenvalue weighted by Crippen LogP contribution is -2.26. The van der Waals surface area contributed by atoms with Crippen LogP contribution < -0.4 is 5.32 Å². The Labute approximate surface area is 71.4 Å². The summed E-state index contributed by atoms with van der Waals surface area (Å²) in [5.74, 6) is 0. The zero-order chi connectivity index (χ0) is 7.68. The third-order valence-corrected chi connectivity index (χ3v) is 3.18. The monoisotopic (exact) mass is 167 g/mol. The predicted octanol–water partition coefficient (Wildman–Crippen LogP) is 3.02. The number of nitrogens with one attached hydrogen (secondary N) is 1. The first-order valence-electron chi connectivity index (χ1n) is 4.15. The molecule has 0 saturated heterocycles. The van der Waals surface area contributed by atoms with Gasteiger partial charge in [-0.1, -0.05) is 0 Å². The fraction of sp³-hybridized carbons (Fsp3) is 0.556. The van der Waals surface area contributed by atoms with E-state index in [-0.39, 0.29) is 0 Å². The minimum Gasteiger partial charge on any atom is -0.381 e. The van der Waals surface area contributed by atoms with Crippen molar-refractivity contribution in [1.29, 1.82) is 0 Å². The summed E-state index contributed by atoms with van der Waals surface area (Å²) in [7, 11) is 0. The molecule has 1 aromatic rings. The molecule has 1 saturated carbocycles. The Morgan fingerprint density at radius 3 is 2.73 bits per heavy atom. The lowest BCUT2D eigenvalue weighted by Gasteiger charge is -2.27. The maximum atomic E-state index is 3.54. The molecule has 11 heavy (non-hydrogen) atoms. The molecule has 0 spiro atoms. The topological polar surface area (TPSA) is 12.0 Å². The number of anilines is 1. The quantitative estimate of drug-likeness (QED) is 0.714. The van der Waals surface area contributed by atoms with Crippen molar-refractivity contribution in [2.75, 3.05) is 5.32 Å². The largest absolute Gasteiger partial charge is 0.381 e. The van der Waals surface area contributed by atoms with Crippen LogP contribution in [0.25, 0.3) is 0 Å². The van der Waals surface area contributed by atoms with Crippen LogP contribution in [0.1, 0.15) is 24.8 Å². The van der Waals surface area contributed by atoms with Gasteiger partial charge in [-0.05, 0) is 37.1 Å². The Morgan fingerprint density at radius 1 is 1.45 bits per heavy atom. The Kier molecular flexibility index (Phi) is 1.86. The Hall–Kier alpha value is -0.500. The van der Waals surface area contributed by atoms with Crippen molar-refractivity contribution in [3.63, 3.8) is 0 Å². The number of aryl methyl sites for hydroxylation is 1. The van der Waals surface area contributed by atoms with Gasteiger partial charge in [0.2, 0.25) is 0 Å². The molecule has 0 bridgehead atoms. The number of hydrogen-bond donors (Lipinski definition) is 1. The van der Waals surface area contributed by atoms with Crippen LogP contribution in [0.15, 0.2) is 10.8 Å². The van der Waals surface area contributed by atoms with Crippen LogP contribution in [-0.4, -0.2) is 6.04 Å². The van der Waals surface area contributed by atoms with E-state index in [1.54, 1.807) is 11.3 Å². The number of thiophene rings is 1. The van der Waals surface area contributed by atoms with E-state index in [0.29, 0.717) is 0 Å². The molecule has 1 heterocycles. The fourth-order valence-electron chi connectivity index (χ4n) is 1.28. The van der Waals surface area contributed by atoms with Crippen LogP contribution in [0.4, 0.5) is 5.69 Å². The highest BCUT2D eigenvalue weighted by Crippen LogP contribution is 2.26. The van der Waals surface area contributed by atoms with E-state index in [1.165, 1.54) is 30.5 Å². The average Bonchev–Trinajstić information content (AvgIpc) is 2.27. The second-order valence-electron chi connectivity index (χ2n) is 3.24. The average molecular weight is 167 g/mol. The molecular formula is C9H13NS. The Balaban J connectivity index is 1.99. The highest BCUT2D eigenvalue weighted by atomic mass is 32.1. The summed E-state index contributed by atoms with van der Waals surface area (Å²) in [5, 5.41) is 7.93. The standard InChI is InChI=1S/C9H13NS/c1-7-5-11-6-9(7)10-8-3-2-4-8/h5-6,8,10H,2-4H2,1H3. The zero-order valence-electron chi connectivity index (χ0n) is 6.76. The van der Waals surface area contributed by atoms with Crippen LogP contribution >= 0.6 is 11.3 Å². The molecule has 1 aliphatic rings. The summed E-state index contributed by atoms with van der Waals surface area (Å²) in [6.07, 6.45) is 4.12. The molecule has 60 valence electrons. The first kappa shape index (κ1) is 7.17. The van der Waals surface area contributed by atoms with Crippen molar-refractivity contribution < 1.29 is 0 Å². The molecule has 1 nitrogen and oxygen atoms in total. The van der Waals surface area contributed by atoms with Gasteiger partial charge in [0.1, 0.15) is 0 Å². The van der Waals surface area contributed by atoms with Crippen molar-refractivity contribution in [2.45, 2.75) is 32.2 Å². The van der Waals surface area contributed by atoms with Crippen LogP contribution in [0.2, 0.25) is 0 Å². The van der Waals surface area contributed by atoms with Gasteiger partial charge in [0.25, 0.3) is 0 Å². The molecule has 0 aliphatic heterocycles. The maximum Gasteiger partial charge on any atom is 0.0480 e. The maximum absolute atomic E-state index is 3.54. The van der Waals surface area contributed by atoms with Gasteiger partial charge in [0.15, 0.2) is 0 Å². The van der Waals surface area contributed by atoms with E-state index in [0.717, 1.165) is 6.04 Å². The third-order valence-electron chi connectivity index (χ3n) is 2.32. The van der Waals surface area contributed by atoms with Gasteiger partial charge in [0.05, 0.1) is 0 Å². The third kappa shape index (κ3) is 1.41. The van der Waals surface area contributed by atoms with Gasteiger partial charge in [-0.15, -0.1) is 11.3 Å². The summed E-state index contributed by atoms with van der Waals surface area (Å²) in [4.78, 5) is 0. The first-order chi connectivity index (χ1) is 5.36. The van der Waals surface area contributed by atoms with Gasteiger partial charge in [-0.25, -0.2) is 0 Å². The van der Waals surface area contributed by atoms with Gasteiger partial charge in [0, 0.05) is 17.1 Å². The van der Waals surface area contributed by atoms with Crippen molar-refractivity contribution in [3.8, 4) is 0 Å². The van der Waals surface area contributed by atoms with Gasteiger partial charge >= 0.3 is 0 Å². The minimum absolute atomic E-state index is 0.767. The minimum atomic E-state index is 0.767. The van der Waals surface area contributed by atoms with E-state index in [4.69, 9.17) is 0 Å². The van der Waals surface area contributed by atoms with Crippen molar-refractivity contribution in [2.24, 2.45) is 0 Å².